The van der Waals surface area contributed by atoms with Crippen LogP contribution in [0.1, 0.15) is 24.3 Å². The van der Waals surface area contributed by atoms with Crippen LogP contribution in [0.5, 0.6) is 11.5 Å². The Kier molecular flexibility index (Phi) is 9.48. The van der Waals surface area contributed by atoms with E-state index in [1.807, 2.05) is 49.6 Å². The molecule has 2 N–H and O–H groups in total. The van der Waals surface area contributed by atoms with Crippen molar-refractivity contribution in [2.75, 3.05) is 20.2 Å². The number of thiophene rings is 1. The van der Waals surface area contributed by atoms with E-state index in [4.69, 9.17) is 15.2 Å². The summed E-state index contributed by atoms with van der Waals surface area (Å²) in [5.41, 5.74) is 6.61. The van der Waals surface area contributed by atoms with Gasteiger partial charge in [-0.15, -0.1) is 23.7 Å². The van der Waals surface area contributed by atoms with Gasteiger partial charge in [0, 0.05) is 30.4 Å². The fraction of sp³-hybridized carbons (Fsp3) is 0.421. The highest BCUT2D eigenvalue weighted by Gasteiger charge is 2.18. The Morgan fingerprint density at radius 3 is 2.65 bits per heavy atom. The van der Waals surface area contributed by atoms with Crippen molar-refractivity contribution in [2.24, 2.45) is 11.7 Å². The molecule has 0 saturated heterocycles. The van der Waals surface area contributed by atoms with Crippen LogP contribution in [0.3, 0.4) is 0 Å². The summed E-state index contributed by atoms with van der Waals surface area (Å²) >= 11 is 1.66. The predicted octanol–water partition coefficient (Wildman–Crippen LogP) is 3.70. The largest absolute Gasteiger partial charge is 0.493 e. The quantitative estimate of drug-likeness (QED) is 0.699. The summed E-state index contributed by atoms with van der Waals surface area (Å²) < 4.78 is 11.3. The molecule has 0 aliphatic carbocycles. The SMILES string of the molecule is CCN(Cc1ccc(OCc2cccs2)c(OC)c1)C(=O)C(C)CN.Cl. The number of nitrogens with zero attached hydrogens (tertiary/aromatic N) is 1. The topological polar surface area (TPSA) is 64.8 Å². The normalized spacial score (nSPS) is 11.4. The summed E-state index contributed by atoms with van der Waals surface area (Å²) in [6, 6.07) is 9.83. The maximum atomic E-state index is 12.4. The average molecular weight is 399 g/mol. The van der Waals surface area contributed by atoms with Crippen molar-refractivity contribution in [3.8, 4) is 11.5 Å². The number of benzene rings is 1. The average Bonchev–Trinajstić information content (AvgIpc) is 3.17. The fourth-order valence-corrected chi connectivity index (χ4v) is 3.07. The molecule has 1 unspecified atom stereocenters. The summed E-state index contributed by atoms with van der Waals surface area (Å²) in [6.07, 6.45) is 0. The molecular formula is C19H27ClN2O3S. The molecule has 144 valence electrons. The number of carbonyl (C=O) groups is 1. The van der Waals surface area contributed by atoms with Crippen molar-refractivity contribution < 1.29 is 14.3 Å². The Balaban J connectivity index is 0.00000338. The molecule has 0 bridgehead atoms. The first-order chi connectivity index (χ1) is 12.1. The first-order valence-electron chi connectivity index (χ1n) is 8.40. The maximum absolute atomic E-state index is 12.4. The Hall–Kier alpha value is -1.76. The molecule has 1 aromatic carbocycles. The van der Waals surface area contributed by atoms with Crippen LogP contribution in [0.2, 0.25) is 0 Å². The van der Waals surface area contributed by atoms with Gasteiger partial charge >= 0.3 is 0 Å². The van der Waals surface area contributed by atoms with E-state index in [0.29, 0.717) is 37.7 Å². The molecule has 1 atom stereocenters. The Bertz CT molecular complexity index is 679. The predicted molar refractivity (Wildman–Crippen MR) is 108 cm³/mol. The lowest BCUT2D eigenvalue weighted by Gasteiger charge is -2.24. The van der Waals surface area contributed by atoms with Crippen LogP contribution < -0.4 is 15.2 Å². The molecule has 5 nitrogen and oxygen atoms in total. The molecule has 0 radical (unpaired) electrons. The minimum atomic E-state index is -0.171. The first-order valence-corrected chi connectivity index (χ1v) is 9.27. The van der Waals surface area contributed by atoms with Gasteiger partial charge in [-0.2, -0.15) is 0 Å². The van der Waals surface area contributed by atoms with Crippen molar-refractivity contribution in [1.82, 2.24) is 4.90 Å². The number of hydrogen-bond acceptors (Lipinski definition) is 5. The third kappa shape index (κ3) is 5.90. The van der Waals surface area contributed by atoms with E-state index >= 15 is 0 Å². The molecule has 0 aliphatic heterocycles. The molecule has 1 amide bonds. The van der Waals surface area contributed by atoms with E-state index in [9.17, 15) is 4.79 Å². The van der Waals surface area contributed by atoms with Crippen LogP contribution in [0.15, 0.2) is 35.7 Å². The summed E-state index contributed by atoms with van der Waals surface area (Å²) in [5.74, 6) is 1.27. The Morgan fingerprint density at radius 2 is 2.08 bits per heavy atom. The summed E-state index contributed by atoms with van der Waals surface area (Å²) in [7, 11) is 1.62. The van der Waals surface area contributed by atoms with Gasteiger partial charge in [-0.05, 0) is 36.1 Å². The van der Waals surface area contributed by atoms with Gasteiger partial charge in [0.25, 0.3) is 0 Å². The van der Waals surface area contributed by atoms with Gasteiger partial charge in [-0.25, -0.2) is 0 Å². The highest BCUT2D eigenvalue weighted by atomic mass is 35.5. The summed E-state index contributed by atoms with van der Waals surface area (Å²) in [6.45, 7) is 5.86. The minimum absolute atomic E-state index is 0. The molecule has 0 saturated carbocycles. The number of amides is 1. The zero-order chi connectivity index (χ0) is 18.2. The molecule has 7 heteroatoms. The van der Waals surface area contributed by atoms with E-state index in [-0.39, 0.29) is 24.2 Å². The van der Waals surface area contributed by atoms with Crippen molar-refractivity contribution in [3.05, 3.63) is 46.2 Å². The molecular weight excluding hydrogens is 372 g/mol. The second-order valence-corrected chi connectivity index (χ2v) is 6.87. The second-order valence-electron chi connectivity index (χ2n) is 5.84. The van der Waals surface area contributed by atoms with Crippen LogP contribution in [-0.4, -0.2) is 31.0 Å². The zero-order valence-electron chi connectivity index (χ0n) is 15.4. The van der Waals surface area contributed by atoms with Gasteiger partial charge in [0.15, 0.2) is 11.5 Å². The van der Waals surface area contributed by atoms with Gasteiger partial charge < -0.3 is 20.1 Å². The summed E-state index contributed by atoms with van der Waals surface area (Å²) in [4.78, 5) is 15.3. The van der Waals surface area contributed by atoms with Crippen molar-refractivity contribution >= 4 is 29.7 Å². The van der Waals surface area contributed by atoms with Crippen molar-refractivity contribution in [2.45, 2.75) is 27.0 Å². The van der Waals surface area contributed by atoms with Gasteiger partial charge in [0.2, 0.25) is 5.91 Å². The smallest absolute Gasteiger partial charge is 0.226 e. The summed E-state index contributed by atoms with van der Waals surface area (Å²) in [5, 5.41) is 2.03. The van der Waals surface area contributed by atoms with Crippen LogP contribution in [-0.2, 0) is 17.9 Å². The Labute approximate surface area is 165 Å². The lowest BCUT2D eigenvalue weighted by molar-refractivity contribution is -0.135. The molecule has 1 heterocycles. The molecule has 0 aliphatic rings. The van der Waals surface area contributed by atoms with Crippen molar-refractivity contribution in [3.63, 3.8) is 0 Å². The zero-order valence-corrected chi connectivity index (χ0v) is 17.1. The highest BCUT2D eigenvalue weighted by Crippen LogP contribution is 2.30. The number of methoxy groups -OCH3 is 1. The maximum Gasteiger partial charge on any atom is 0.226 e. The van der Waals surface area contributed by atoms with Gasteiger partial charge in [-0.3, -0.25) is 4.79 Å². The number of rotatable bonds is 9. The van der Waals surface area contributed by atoms with E-state index < -0.39 is 0 Å². The molecule has 26 heavy (non-hydrogen) atoms. The molecule has 0 spiro atoms. The number of nitrogens with two attached hydrogens (primary N) is 1. The van der Waals surface area contributed by atoms with E-state index in [1.165, 1.54) is 0 Å². The van der Waals surface area contributed by atoms with Crippen LogP contribution >= 0.6 is 23.7 Å². The lowest BCUT2D eigenvalue weighted by Crippen LogP contribution is -2.37. The third-order valence-corrected chi connectivity index (χ3v) is 4.87. The number of ether oxygens (including phenoxy) is 2. The van der Waals surface area contributed by atoms with Crippen LogP contribution in [0, 0.1) is 5.92 Å². The number of hydrogen-bond donors (Lipinski definition) is 1. The van der Waals surface area contributed by atoms with E-state index in [2.05, 4.69) is 0 Å². The van der Waals surface area contributed by atoms with Gasteiger partial charge in [-0.1, -0.05) is 19.1 Å². The molecule has 0 fully saturated rings. The number of halogens is 1. The van der Waals surface area contributed by atoms with Crippen LogP contribution in [0.25, 0.3) is 0 Å². The van der Waals surface area contributed by atoms with Gasteiger partial charge in [0.1, 0.15) is 6.61 Å². The standard InChI is InChI=1S/C19H26N2O3S.ClH/c1-4-21(19(22)14(2)11-20)12-15-7-8-17(18(10-15)23-3)24-13-16-6-5-9-25-16;/h5-10,14H,4,11-13,20H2,1-3H3;1H. The number of carbonyl (C=O) groups excluding carboxylic acids is 1. The van der Waals surface area contributed by atoms with Crippen molar-refractivity contribution in [1.29, 1.82) is 0 Å². The molecule has 1 aromatic heterocycles. The highest BCUT2D eigenvalue weighted by molar-refractivity contribution is 7.09. The Morgan fingerprint density at radius 1 is 1.31 bits per heavy atom. The first kappa shape index (κ1) is 22.3. The lowest BCUT2D eigenvalue weighted by atomic mass is 10.1. The minimum Gasteiger partial charge on any atom is -0.493 e. The molecule has 2 aromatic rings. The van der Waals surface area contributed by atoms with E-state index in [0.717, 1.165) is 10.4 Å². The van der Waals surface area contributed by atoms with E-state index in [1.54, 1.807) is 23.3 Å². The second kappa shape index (κ2) is 11.1. The third-order valence-electron chi connectivity index (χ3n) is 4.02. The van der Waals surface area contributed by atoms with Crippen LogP contribution in [0.4, 0.5) is 0 Å². The monoisotopic (exact) mass is 398 g/mol. The fourth-order valence-electron chi connectivity index (χ4n) is 2.45. The molecule has 2 rings (SSSR count). The van der Waals surface area contributed by atoms with Gasteiger partial charge in [0.05, 0.1) is 7.11 Å².